The molecule has 1 aromatic heterocycles. The van der Waals surface area contributed by atoms with Crippen LogP contribution in [0.3, 0.4) is 0 Å². The van der Waals surface area contributed by atoms with Crippen LogP contribution in [0.25, 0.3) is 6.08 Å². The smallest absolute Gasteiger partial charge is 0.338 e. The number of fused-ring (bicyclic) bond motifs is 1. The van der Waals surface area contributed by atoms with E-state index in [4.69, 9.17) is 25.8 Å². The number of methoxy groups -OCH3 is 1. The largest absolute Gasteiger partial charge is 0.493 e. The van der Waals surface area contributed by atoms with E-state index in [0.717, 1.165) is 5.56 Å². The summed E-state index contributed by atoms with van der Waals surface area (Å²) in [5.41, 5.74) is 1.83. The number of nitrogens with zero attached hydrogens (tertiary/aromatic N) is 2. The Morgan fingerprint density at radius 2 is 2.03 bits per heavy atom. The van der Waals surface area contributed by atoms with Crippen LogP contribution in [0.4, 0.5) is 0 Å². The molecule has 2 heterocycles. The molecule has 0 bridgehead atoms. The van der Waals surface area contributed by atoms with Crippen LogP contribution in [0, 0.1) is 0 Å². The first-order valence-electron chi connectivity index (χ1n) is 11.6. The first-order chi connectivity index (χ1) is 17.7. The fourth-order valence-electron chi connectivity index (χ4n) is 4.11. The first kappa shape index (κ1) is 27.2. The number of thiazole rings is 1. The topological polar surface area (TPSA) is 79.1 Å². The Kier molecular flexibility index (Phi) is 8.26. The number of hydrogen-bond donors (Lipinski definition) is 0. The molecule has 0 radical (unpaired) electrons. The van der Waals surface area contributed by atoms with E-state index in [0.29, 0.717) is 48.2 Å². The van der Waals surface area contributed by atoms with Gasteiger partial charge in [0.25, 0.3) is 5.56 Å². The lowest BCUT2D eigenvalue weighted by molar-refractivity contribution is -0.143. The summed E-state index contributed by atoms with van der Waals surface area (Å²) in [7, 11) is 1.56. The maximum absolute atomic E-state index is 13.8. The number of allylic oxidation sites excluding steroid dienone is 1. The maximum Gasteiger partial charge on any atom is 0.338 e. The third-order valence-corrected chi connectivity index (χ3v) is 7.54. The van der Waals surface area contributed by atoms with Gasteiger partial charge in [0, 0.05) is 5.02 Å². The summed E-state index contributed by atoms with van der Waals surface area (Å²) in [6.07, 6.45) is 1.43. The molecule has 3 aromatic rings. The van der Waals surface area contributed by atoms with Crippen molar-refractivity contribution < 1.29 is 19.0 Å². The average Bonchev–Trinajstić information content (AvgIpc) is 3.14. The van der Waals surface area contributed by atoms with E-state index in [-0.39, 0.29) is 17.2 Å². The van der Waals surface area contributed by atoms with Gasteiger partial charge in [-0.05, 0) is 79.0 Å². The number of ether oxygens (including phenoxy) is 3. The fourth-order valence-corrected chi connectivity index (χ4v) is 5.97. The van der Waals surface area contributed by atoms with E-state index in [1.54, 1.807) is 58.2 Å². The molecule has 194 valence electrons. The molecule has 4 rings (SSSR count). The van der Waals surface area contributed by atoms with Gasteiger partial charge in [-0.2, -0.15) is 0 Å². The van der Waals surface area contributed by atoms with Gasteiger partial charge in [0.05, 0.1) is 40.1 Å². The summed E-state index contributed by atoms with van der Waals surface area (Å²) in [5.74, 6) is 0.598. The van der Waals surface area contributed by atoms with Gasteiger partial charge in [-0.3, -0.25) is 9.36 Å². The Morgan fingerprint density at radius 3 is 2.68 bits per heavy atom. The molecule has 1 aliphatic rings. The fraction of sp³-hybridized carbons (Fsp3) is 0.296. The number of hydrogen-bond acceptors (Lipinski definition) is 7. The highest BCUT2D eigenvalue weighted by atomic mass is 79.9. The Labute approximate surface area is 231 Å². The molecule has 1 unspecified atom stereocenters. The van der Waals surface area contributed by atoms with E-state index >= 15 is 0 Å². The highest BCUT2D eigenvalue weighted by Crippen LogP contribution is 2.37. The van der Waals surface area contributed by atoms with Gasteiger partial charge in [-0.1, -0.05) is 41.1 Å². The van der Waals surface area contributed by atoms with Crippen LogP contribution < -0.4 is 24.4 Å². The predicted molar refractivity (Wildman–Crippen MR) is 148 cm³/mol. The lowest BCUT2D eigenvalue weighted by Crippen LogP contribution is -2.40. The van der Waals surface area contributed by atoms with E-state index < -0.39 is 12.0 Å². The Hall–Kier alpha value is -2.88. The zero-order valence-electron chi connectivity index (χ0n) is 21.0. The third kappa shape index (κ3) is 5.39. The third-order valence-electron chi connectivity index (χ3n) is 5.62. The van der Waals surface area contributed by atoms with Crippen LogP contribution in [-0.2, 0) is 9.53 Å². The Morgan fingerprint density at radius 1 is 1.30 bits per heavy atom. The molecular weight excluding hydrogens is 580 g/mol. The molecule has 0 amide bonds. The molecule has 10 heteroatoms. The standard InChI is InChI=1S/C27H26BrClN2O5S/c1-6-35-24-18(28)11-16(12-20(24)34-5)13-21-25(32)31-23(17-9-7-8-10-19(17)29)22(26(33)36-14(2)3)15(4)30-27(31)37-21/h7-14,23H,6H2,1-5H3. The number of aromatic nitrogens is 1. The summed E-state index contributed by atoms with van der Waals surface area (Å²) in [6, 6.07) is 10.0. The molecule has 0 spiro atoms. The number of halogens is 2. The van der Waals surface area contributed by atoms with Crippen LogP contribution in [-0.4, -0.2) is 30.4 Å². The first-order valence-corrected chi connectivity index (χ1v) is 13.6. The van der Waals surface area contributed by atoms with Crippen LogP contribution >= 0.6 is 38.9 Å². The zero-order chi connectivity index (χ0) is 26.9. The van der Waals surface area contributed by atoms with E-state index in [9.17, 15) is 9.59 Å². The number of esters is 1. The molecule has 0 fully saturated rings. The second kappa shape index (κ2) is 11.2. The van der Waals surface area contributed by atoms with Crippen molar-refractivity contribution in [3.8, 4) is 11.5 Å². The van der Waals surface area contributed by atoms with E-state index in [1.165, 1.54) is 15.9 Å². The lowest BCUT2D eigenvalue weighted by Gasteiger charge is -2.26. The zero-order valence-corrected chi connectivity index (χ0v) is 24.2. The van der Waals surface area contributed by atoms with Gasteiger partial charge >= 0.3 is 5.97 Å². The molecule has 7 nitrogen and oxygen atoms in total. The molecule has 1 aliphatic heterocycles. The minimum Gasteiger partial charge on any atom is -0.493 e. The molecule has 0 saturated heterocycles. The quantitative estimate of drug-likeness (QED) is 0.354. The van der Waals surface area contributed by atoms with Crippen molar-refractivity contribution in [2.45, 2.75) is 39.8 Å². The van der Waals surface area contributed by atoms with Crippen molar-refractivity contribution in [2.24, 2.45) is 4.99 Å². The number of benzene rings is 2. The second-order valence-corrected chi connectivity index (χ2v) is 10.8. The summed E-state index contributed by atoms with van der Waals surface area (Å²) in [5, 5.41) is 0.437. The monoisotopic (exact) mass is 604 g/mol. The summed E-state index contributed by atoms with van der Waals surface area (Å²) in [6.45, 7) is 7.67. The van der Waals surface area contributed by atoms with E-state index in [2.05, 4.69) is 20.9 Å². The van der Waals surface area contributed by atoms with E-state index in [1.807, 2.05) is 19.1 Å². The number of carbonyl (C=O) groups is 1. The normalized spacial score (nSPS) is 15.5. The van der Waals surface area contributed by atoms with Gasteiger partial charge < -0.3 is 14.2 Å². The number of rotatable bonds is 7. The highest BCUT2D eigenvalue weighted by Gasteiger charge is 2.34. The van der Waals surface area contributed by atoms with Crippen LogP contribution in [0.1, 0.15) is 44.9 Å². The van der Waals surface area contributed by atoms with Gasteiger partial charge in [0.15, 0.2) is 16.3 Å². The van der Waals surface area contributed by atoms with Crippen molar-refractivity contribution in [1.82, 2.24) is 4.57 Å². The van der Waals surface area contributed by atoms with Gasteiger partial charge in [-0.25, -0.2) is 9.79 Å². The van der Waals surface area contributed by atoms with Crippen molar-refractivity contribution in [2.75, 3.05) is 13.7 Å². The molecule has 0 saturated carbocycles. The Balaban J connectivity index is 1.94. The molecule has 2 aromatic carbocycles. The second-order valence-electron chi connectivity index (χ2n) is 8.52. The van der Waals surface area contributed by atoms with Gasteiger partial charge in [-0.15, -0.1) is 0 Å². The number of carbonyl (C=O) groups excluding carboxylic acids is 1. The Bertz CT molecular complexity index is 1570. The summed E-state index contributed by atoms with van der Waals surface area (Å²) in [4.78, 5) is 32.1. The van der Waals surface area contributed by atoms with Crippen molar-refractivity contribution in [3.63, 3.8) is 0 Å². The van der Waals surface area contributed by atoms with Crippen LogP contribution in [0.5, 0.6) is 11.5 Å². The molecular formula is C27H26BrClN2O5S. The van der Waals surface area contributed by atoms with Gasteiger partial charge in [0.2, 0.25) is 0 Å². The summed E-state index contributed by atoms with van der Waals surface area (Å²) < 4.78 is 19.4. The van der Waals surface area contributed by atoms with Crippen molar-refractivity contribution in [3.05, 3.63) is 88.0 Å². The van der Waals surface area contributed by atoms with Crippen molar-refractivity contribution >= 4 is 50.9 Å². The van der Waals surface area contributed by atoms with Crippen molar-refractivity contribution in [1.29, 1.82) is 0 Å². The molecule has 37 heavy (non-hydrogen) atoms. The minimum absolute atomic E-state index is 0.284. The lowest BCUT2D eigenvalue weighted by atomic mass is 9.96. The maximum atomic E-state index is 13.8. The average molecular weight is 606 g/mol. The molecule has 0 aliphatic carbocycles. The predicted octanol–water partition coefficient (Wildman–Crippen LogP) is 5.01. The van der Waals surface area contributed by atoms with Crippen LogP contribution in [0.15, 0.2) is 61.9 Å². The minimum atomic E-state index is -0.778. The summed E-state index contributed by atoms with van der Waals surface area (Å²) >= 11 is 11.3. The SMILES string of the molecule is CCOc1c(Br)cc(C=c2sc3n(c2=O)C(c2ccccc2Cl)C(C(=O)OC(C)C)=C(C)N=3)cc1OC. The van der Waals surface area contributed by atoms with Gasteiger partial charge in [0.1, 0.15) is 6.04 Å². The molecule has 1 atom stereocenters. The van der Waals surface area contributed by atoms with Crippen LogP contribution in [0.2, 0.25) is 5.02 Å². The molecule has 0 N–H and O–H groups in total. The highest BCUT2D eigenvalue weighted by molar-refractivity contribution is 9.10.